The molecule has 0 aromatic rings. The zero-order valence-electron chi connectivity index (χ0n) is 7.78. The van der Waals surface area contributed by atoms with Gasteiger partial charge >= 0.3 is 0 Å². The smallest absolute Gasteiger partial charge is 0.234 e. The van der Waals surface area contributed by atoms with Crippen LogP contribution in [-0.2, 0) is 4.79 Å². The molecule has 0 radical (unpaired) electrons. The summed E-state index contributed by atoms with van der Waals surface area (Å²) >= 11 is 0. The van der Waals surface area contributed by atoms with Gasteiger partial charge in [0.2, 0.25) is 5.91 Å². The van der Waals surface area contributed by atoms with Crippen LogP contribution in [0.4, 0.5) is 0 Å². The Morgan fingerprint density at radius 1 is 1.31 bits per heavy atom. The first-order valence-electron chi connectivity index (χ1n) is 4.99. The number of amides is 1. The summed E-state index contributed by atoms with van der Waals surface area (Å²) in [5, 5.41) is 0. The Kier molecular flexibility index (Phi) is 2.26. The molecule has 1 aliphatic carbocycles. The molecule has 3 unspecified atom stereocenters. The number of carbonyl (C=O) groups excluding carboxylic acids is 1. The molecule has 74 valence electrons. The molecule has 0 spiro atoms. The van der Waals surface area contributed by atoms with Crippen molar-refractivity contribution in [3.8, 4) is 0 Å². The highest BCUT2D eigenvalue weighted by atomic mass is 16.1. The second-order valence-electron chi connectivity index (χ2n) is 4.17. The van der Waals surface area contributed by atoms with Crippen LogP contribution < -0.4 is 11.5 Å². The van der Waals surface area contributed by atoms with Gasteiger partial charge in [0.15, 0.2) is 0 Å². The monoisotopic (exact) mass is 183 g/mol. The average Bonchev–Trinajstić information content (AvgIpc) is 2.32. The Hall–Kier alpha value is -0.610. The molecule has 4 heteroatoms. The number of nitrogens with zero attached hydrogens (tertiary/aromatic N) is 1. The minimum absolute atomic E-state index is 0.00435. The molecule has 2 aliphatic rings. The molecule has 0 aromatic heterocycles. The highest BCUT2D eigenvalue weighted by Crippen LogP contribution is 2.30. The summed E-state index contributed by atoms with van der Waals surface area (Å²) in [5.74, 6) is -0.174. The Bertz CT molecular complexity index is 219. The van der Waals surface area contributed by atoms with E-state index in [0.29, 0.717) is 12.1 Å². The summed E-state index contributed by atoms with van der Waals surface area (Å²) in [6.45, 7) is 1.02. The van der Waals surface area contributed by atoms with Crippen LogP contribution in [0.2, 0.25) is 0 Å². The van der Waals surface area contributed by atoms with E-state index < -0.39 is 0 Å². The summed E-state index contributed by atoms with van der Waals surface area (Å²) in [4.78, 5) is 13.2. The van der Waals surface area contributed by atoms with Gasteiger partial charge in [-0.3, -0.25) is 9.69 Å². The van der Waals surface area contributed by atoms with Crippen molar-refractivity contribution < 1.29 is 4.79 Å². The molecule has 3 atom stereocenters. The van der Waals surface area contributed by atoms with Crippen molar-refractivity contribution in [2.75, 3.05) is 6.54 Å². The molecule has 1 saturated carbocycles. The van der Waals surface area contributed by atoms with Crippen molar-refractivity contribution in [2.24, 2.45) is 11.5 Å². The molecule has 2 fully saturated rings. The third-order valence-electron chi connectivity index (χ3n) is 3.30. The number of carbonyl (C=O) groups is 1. The minimum Gasteiger partial charge on any atom is -0.368 e. The highest BCUT2D eigenvalue weighted by Gasteiger charge is 2.39. The average molecular weight is 183 g/mol. The van der Waals surface area contributed by atoms with E-state index in [1.165, 1.54) is 0 Å². The molecule has 13 heavy (non-hydrogen) atoms. The fraction of sp³-hybridized carbons (Fsp3) is 0.889. The van der Waals surface area contributed by atoms with Crippen LogP contribution in [0.25, 0.3) is 0 Å². The van der Waals surface area contributed by atoms with Crippen molar-refractivity contribution in [3.63, 3.8) is 0 Å². The Balaban J connectivity index is 1.91. The van der Waals surface area contributed by atoms with Gasteiger partial charge in [0.1, 0.15) is 0 Å². The van der Waals surface area contributed by atoms with Gasteiger partial charge in [-0.25, -0.2) is 0 Å². The normalized spacial score (nSPS) is 40.2. The minimum atomic E-state index is -0.174. The molecule has 4 nitrogen and oxygen atoms in total. The number of hydrogen-bond donors (Lipinski definition) is 2. The topological polar surface area (TPSA) is 72.4 Å². The molecule has 1 heterocycles. The van der Waals surface area contributed by atoms with Crippen LogP contribution in [-0.4, -0.2) is 35.5 Å². The second-order valence-corrected chi connectivity index (χ2v) is 4.17. The van der Waals surface area contributed by atoms with Gasteiger partial charge in [0.05, 0.1) is 6.04 Å². The molecule has 2 rings (SSSR count). The van der Waals surface area contributed by atoms with Gasteiger partial charge in [-0.15, -0.1) is 0 Å². The third kappa shape index (κ3) is 1.56. The maximum Gasteiger partial charge on any atom is 0.234 e. The fourth-order valence-corrected chi connectivity index (χ4v) is 2.44. The summed E-state index contributed by atoms with van der Waals surface area (Å²) in [7, 11) is 0. The van der Waals surface area contributed by atoms with Crippen LogP contribution in [0.3, 0.4) is 0 Å². The lowest BCUT2D eigenvalue weighted by Gasteiger charge is -2.43. The first-order chi connectivity index (χ1) is 6.18. The number of likely N-dealkylation sites (tertiary alicyclic amines) is 1. The Morgan fingerprint density at radius 2 is 2.08 bits per heavy atom. The second kappa shape index (κ2) is 3.27. The number of rotatable bonds is 2. The van der Waals surface area contributed by atoms with E-state index in [1.54, 1.807) is 0 Å². The van der Waals surface area contributed by atoms with Crippen molar-refractivity contribution in [1.29, 1.82) is 0 Å². The zero-order chi connectivity index (χ0) is 9.42. The predicted molar refractivity (Wildman–Crippen MR) is 49.9 cm³/mol. The summed E-state index contributed by atoms with van der Waals surface area (Å²) in [6, 6.07) is 0.843. The van der Waals surface area contributed by atoms with E-state index in [0.717, 1.165) is 32.2 Å². The molecule has 1 saturated heterocycles. The predicted octanol–water partition coefficient (Wildman–Crippen LogP) is -0.574. The summed E-state index contributed by atoms with van der Waals surface area (Å²) in [6.07, 6.45) is 4.18. The van der Waals surface area contributed by atoms with E-state index in [1.807, 2.05) is 0 Å². The van der Waals surface area contributed by atoms with Crippen molar-refractivity contribution in [1.82, 2.24) is 4.90 Å². The lowest BCUT2D eigenvalue weighted by molar-refractivity contribution is -0.129. The van der Waals surface area contributed by atoms with Crippen LogP contribution >= 0.6 is 0 Å². The van der Waals surface area contributed by atoms with Gasteiger partial charge in [0.25, 0.3) is 0 Å². The molecule has 0 aromatic carbocycles. The quantitative estimate of drug-likeness (QED) is 0.602. The van der Waals surface area contributed by atoms with E-state index in [4.69, 9.17) is 11.5 Å². The standard InChI is InChI=1S/C9H17N3O/c10-6-1-2-7(5-6)12-4-3-8(12)9(11)13/h6-8H,1-5,10H2,(H2,11,13). The van der Waals surface area contributed by atoms with E-state index in [9.17, 15) is 4.79 Å². The van der Waals surface area contributed by atoms with Crippen LogP contribution in [0.1, 0.15) is 25.7 Å². The highest BCUT2D eigenvalue weighted by molar-refractivity contribution is 5.80. The van der Waals surface area contributed by atoms with Gasteiger partial charge in [-0.05, 0) is 25.7 Å². The fourth-order valence-electron chi connectivity index (χ4n) is 2.44. The number of hydrogen-bond acceptors (Lipinski definition) is 3. The van der Waals surface area contributed by atoms with E-state index in [2.05, 4.69) is 4.90 Å². The van der Waals surface area contributed by atoms with Gasteiger partial charge < -0.3 is 11.5 Å². The van der Waals surface area contributed by atoms with Gasteiger partial charge in [-0.1, -0.05) is 0 Å². The van der Waals surface area contributed by atoms with Gasteiger partial charge in [0, 0.05) is 18.6 Å². The molecule has 4 N–H and O–H groups in total. The maximum absolute atomic E-state index is 11.0. The lowest BCUT2D eigenvalue weighted by Crippen LogP contribution is -2.58. The first-order valence-corrected chi connectivity index (χ1v) is 4.99. The maximum atomic E-state index is 11.0. The van der Waals surface area contributed by atoms with Crippen molar-refractivity contribution in [2.45, 2.75) is 43.8 Å². The summed E-state index contributed by atoms with van der Waals surface area (Å²) in [5.41, 5.74) is 11.1. The van der Waals surface area contributed by atoms with Crippen LogP contribution in [0.15, 0.2) is 0 Å². The first kappa shape index (κ1) is 8.97. The summed E-state index contributed by atoms with van der Waals surface area (Å²) < 4.78 is 0. The van der Waals surface area contributed by atoms with Crippen LogP contribution in [0, 0.1) is 0 Å². The zero-order valence-corrected chi connectivity index (χ0v) is 7.78. The number of nitrogens with two attached hydrogens (primary N) is 2. The molecule has 0 bridgehead atoms. The van der Waals surface area contributed by atoms with Crippen LogP contribution in [0.5, 0.6) is 0 Å². The molecular formula is C9H17N3O. The Labute approximate surface area is 78.2 Å². The SMILES string of the molecule is NC(=O)C1CCN1C1CCC(N)C1. The Morgan fingerprint density at radius 3 is 2.46 bits per heavy atom. The lowest BCUT2D eigenvalue weighted by atomic mass is 9.98. The van der Waals surface area contributed by atoms with Crippen molar-refractivity contribution >= 4 is 5.91 Å². The molecule has 1 amide bonds. The number of primary amides is 1. The van der Waals surface area contributed by atoms with E-state index in [-0.39, 0.29) is 11.9 Å². The third-order valence-corrected chi connectivity index (χ3v) is 3.30. The molecule has 1 aliphatic heterocycles. The largest absolute Gasteiger partial charge is 0.368 e. The van der Waals surface area contributed by atoms with Crippen molar-refractivity contribution in [3.05, 3.63) is 0 Å². The molecular weight excluding hydrogens is 166 g/mol. The van der Waals surface area contributed by atoms with E-state index >= 15 is 0 Å². The van der Waals surface area contributed by atoms with Gasteiger partial charge in [-0.2, -0.15) is 0 Å².